The lowest BCUT2D eigenvalue weighted by Gasteiger charge is -2.44. The van der Waals surface area contributed by atoms with Gasteiger partial charge in [-0.15, -0.1) is 0 Å². The summed E-state index contributed by atoms with van der Waals surface area (Å²) in [4.78, 5) is 17.8. The van der Waals surface area contributed by atoms with Crippen LogP contribution in [-0.2, 0) is 16.4 Å². The fourth-order valence-corrected chi connectivity index (χ4v) is 6.41. The number of carbonyl (C=O) groups is 1. The van der Waals surface area contributed by atoms with E-state index in [1.54, 1.807) is 24.3 Å². The molecule has 32 heavy (non-hydrogen) atoms. The lowest BCUT2D eigenvalue weighted by atomic mass is 10.0. The zero-order valence-electron chi connectivity index (χ0n) is 19.0. The monoisotopic (exact) mass is 455 g/mol. The van der Waals surface area contributed by atoms with Crippen LogP contribution in [0.3, 0.4) is 0 Å². The molecular formula is C25H33N3O3S. The average Bonchev–Trinajstić information content (AvgIpc) is 3.35. The van der Waals surface area contributed by atoms with Crippen molar-refractivity contribution in [2.75, 3.05) is 32.7 Å². The Kier molecular flexibility index (Phi) is 6.98. The average molecular weight is 456 g/mol. The highest BCUT2D eigenvalue weighted by atomic mass is 32.2. The lowest BCUT2D eigenvalue weighted by Crippen LogP contribution is -2.58. The fraction of sp³-hybridized carbons (Fsp3) is 0.480. The van der Waals surface area contributed by atoms with Crippen LogP contribution in [0.5, 0.6) is 0 Å². The molecule has 4 rings (SSSR count). The van der Waals surface area contributed by atoms with Gasteiger partial charge in [0, 0.05) is 50.4 Å². The van der Waals surface area contributed by atoms with Gasteiger partial charge in [0.05, 0.1) is 4.90 Å². The third-order valence-electron chi connectivity index (χ3n) is 6.69. The highest BCUT2D eigenvalue weighted by molar-refractivity contribution is 7.89. The standard InChI is InChI=1S/C25H33N3O3S/c1-20-18-26(19-21(2)28(20)17-14-22-8-4-3-5-9-22)25(29)23-10-12-24(13-11-23)32(30,31)27-15-6-7-16-27/h3-5,8-13,20-21H,6-7,14-19H2,1-2H3. The van der Waals surface area contributed by atoms with Gasteiger partial charge in [-0.3, -0.25) is 9.69 Å². The smallest absolute Gasteiger partial charge is 0.253 e. The summed E-state index contributed by atoms with van der Waals surface area (Å²) in [6.07, 6.45) is 2.81. The summed E-state index contributed by atoms with van der Waals surface area (Å²) >= 11 is 0. The Labute approximate surface area is 191 Å². The highest BCUT2D eigenvalue weighted by Crippen LogP contribution is 2.23. The molecule has 2 unspecified atom stereocenters. The fourth-order valence-electron chi connectivity index (χ4n) is 4.90. The summed E-state index contributed by atoms with van der Waals surface area (Å²) in [6, 6.07) is 17.5. The van der Waals surface area contributed by atoms with E-state index < -0.39 is 10.0 Å². The molecule has 0 N–H and O–H groups in total. The molecule has 0 aromatic heterocycles. The number of hydrogen-bond acceptors (Lipinski definition) is 4. The zero-order valence-corrected chi connectivity index (χ0v) is 19.8. The molecule has 2 saturated heterocycles. The van der Waals surface area contributed by atoms with Crippen LogP contribution in [0.2, 0.25) is 0 Å². The number of piperazine rings is 1. The van der Waals surface area contributed by atoms with Gasteiger partial charge >= 0.3 is 0 Å². The maximum absolute atomic E-state index is 13.1. The van der Waals surface area contributed by atoms with E-state index in [0.717, 1.165) is 25.8 Å². The lowest BCUT2D eigenvalue weighted by molar-refractivity contribution is 0.0311. The molecule has 2 aromatic rings. The molecule has 0 radical (unpaired) electrons. The molecule has 2 atom stereocenters. The first-order chi connectivity index (χ1) is 15.4. The van der Waals surface area contributed by atoms with E-state index in [1.807, 2.05) is 11.0 Å². The van der Waals surface area contributed by atoms with Gasteiger partial charge in [-0.2, -0.15) is 4.31 Å². The number of amides is 1. The summed E-state index contributed by atoms with van der Waals surface area (Å²) in [5, 5.41) is 0. The molecule has 2 heterocycles. The molecule has 2 fully saturated rings. The number of benzene rings is 2. The van der Waals surface area contributed by atoms with E-state index in [0.29, 0.717) is 31.7 Å². The number of nitrogens with zero attached hydrogens (tertiary/aromatic N) is 3. The van der Waals surface area contributed by atoms with Crippen molar-refractivity contribution in [2.24, 2.45) is 0 Å². The Morgan fingerprint density at radius 1 is 0.906 bits per heavy atom. The van der Waals surface area contributed by atoms with Gasteiger partial charge in [0.25, 0.3) is 5.91 Å². The van der Waals surface area contributed by atoms with E-state index in [9.17, 15) is 13.2 Å². The Morgan fingerprint density at radius 2 is 1.50 bits per heavy atom. The first-order valence-electron chi connectivity index (χ1n) is 11.6. The minimum Gasteiger partial charge on any atom is -0.336 e. The van der Waals surface area contributed by atoms with E-state index >= 15 is 0 Å². The Morgan fingerprint density at radius 3 is 2.09 bits per heavy atom. The van der Waals surface area contributed by atoms with Crippen molar-refractivity contribution in [3.63, 3.8) is 0 Å². The van der Waals surface area contributed by atoms with Crippen LogP contribution in [0, 0.1) is 0 Å². The van der Waals surface area contributed by atoms with Crippen LogP contribution in [0.1, 0.15) is 42.6 Å². The Balaban J connectivity index is 1.38. The molecule has 2 aromatic carbocycles. The van der Waals surface area contributed by atoms with Crippen molar-refractivity contribution >= 4 is 15.9 Å². The van der Waals surface area contributed by atoms with Gasteiger partial charge in [-0.25, -0.2) is 8.42 Å². The maximum Gasteiger partial charge on any atom is 0.253 e. The van der Waals surface area contributed by atoms with Crippen LogP contribution in [0.4, 0.5) is 0 Å². The second-order valence-corrected chi connectivity index (χ2v) is 11.0. The minimum absolute atomic E-state index is 0.0310. The van der Waals surface area contributed by atoms with Crippen LogP contribution in [0.15, 0.2) is 59.5 Å². The van der Waals surface area contributed by atoms with Gasteiger partial charge in [0.2, 0.25) is 10.0 Å². The van der Waals surface area contributed by atoms with Gasteiger partial charge in [0.1, 0.15) is 0 Å². The minimum atomic E-state index is -3.46. The first kappa shape index (κ1) is 23.0. The number of sulfonamides is 1. The van der Waals surface area contributed by atoms with Crippen LogP contribution >= 0.6 is 0 Å². The number of rotatable bonds is 6. The molecule has 2 aliphatic rings. The van der Waals surface area contributed by atoms with Gasteiger partial charge in [-0.05, 0) is 62.9 Å². The van der Waals surface area contributed by atoms with Gasteiger partial charge in [-0.1, -0.05) is 30.3 Å². The van der Waals surface area contributed by atoms with E-state index in [4.69, 9.17) is 0 Å². The predicted molar refractivity (Wildman–Crippen MR) is 126 cm³/mol. The van der Waals surface area contributed by atoms with Crippen molar-refractivity contribution in [2.45, 2.75) is 50.1 Å². The van der Waals surface area contributed by atoms with Crippen molar-refractivity contribution < 1.29 is 13.2 Å². The molecule has 0 saturated carbocycles. The number of carbonyl (C=O) groups excluding carboxylic acids is 1. The highest BCUT2D eigenvalue weighted by Gasteiger charge is 2.32. The molecule has 1 amide bonds. The third-order valence-corrected chi connectivity index (χ3v) is 8.61. The normalized spacial score (nSPS) is 22.9. The molecule has 0 bridgehead atoms. The van der Waals surface area contributed by atoms with Gasteiger partial charge < -0.3 is 4.90 Å². The summed E-state index contributed by atoms with van der Waals surface area (Å²) in [5.41, 5.74) is 1.87. The van der Waals surface area contributed by atoms with Gasteiger partial charge in [0.15, 0.2) is 0 Å². The maximum atomic E-state index is 13.1. The molecule has 6 nitrogen and oxygen atoms in total. The molecule has 2 aliphatic heterocycles. The van der Waals surface area contributed by atoms with E-state index in [1.165, 1.54) is 9.87 Å². The van der Waals surface area contributed by atoms with Crippen LogP contribution in [0.25, 0.3) is 0 Å². The predicted octanol–water partition coefficient (Wildman–Crippen LogP) is 3.25. The SMILES string of the molecule is CC1CN(C(=O)c2ccc(S(=O)(=O)N3CCCC3)cc2)CC(C)N1CCc1ccccc1. The van der Waals surface area contributed by atoms with E-state index in [-0.39, 0.29) is 22.9 Å². The largest absolute Gasteiger partial charge is 0.336 e. The zero-order chi connectivity index (χ0) is 22.7. The second-order valence-electron chi connectivity index (χ2n) is 9.02. The summed E-state index contributed by atoms with van der Waals surface area (Å²) in [6.45, 7) is 7.81. The Bertz CT molecular complexity index is 1010. The van der Waals surface area contributed by atoms with E-state index in [2.05, 4.69) is 43.0 Å². The topological polar surface area (TPSA) is 60.9 Å². The number of hydrogen-bond donors (Lipinski definition) is 0. The molecule has 172 valence electrons. The molecule has 0 spiro atoms. The quantitative estimate of drug-likeness (QED) is 0.671. The van der Waals surface area contributed by atoms with Crippen LogP contribution < -0.4 is 0 Å². The summed E-state index contributed by atoms with van der Waals surface area (Å²) in [5.74, 6) is -0.0310. The van der Waals surface area contributed by atoms with Crippen molar-refractivity contribution in [1.29, 1.82) is 0 Å². The molecule has 7 heteroatoms. The molecule has 0 aliphatic carbocycles. The second kappa shape index (κ2) is 9.73. The van der Waals surface area contributed by atoms with Crippen LogP contribution in [-0.4, -0.2) is 73.2 Å². The summed E-state index contributed by atoms with van der Waals surface area (Å²) in [7, 11) is -3.46. The molecular weight excluding hydrogens is 422 g/mol. The Hall–Kier alpha value is -2.22. The van der Waals surface area contributed by atoms with Crippen molar-refractivity contribution in [3.05, 3.63) is 65.7 Å². The van der Waals surface area contributed by atoms with Crippen molar-refractivity contribution in [1.82, 2.24) is 14.1 Å². The van der Waals surface area contributed by atoms with Crippen molar-refractivity contribution in [3.8, 4) is 0 Å². The summed E-state index contributed by atoms with van der Waals surface area (Å²) < 4.78 is 27.0. The third kappa shape index (κ3) is 4.90. The first-order valence-corrected chi connectivity index (χ1v) is 13.0.